The molecule has 0 aliphatic rings. The number of rotatable bonds is 1. The summed E-state index contributed by atoms with van der Waals surface area (Å²) in [6.45, 7) is 2.07. The van der Waals surface area contributed by atoms with Crippen molar-refractivity contribution in [1.29, 1.82) is 0 Å². The van der Waals surface area contributed by atoms with Gasteiger partial charge < -0.3 is 4.42 Å². The van der Waals surface area contributed by atoms with Gasteiger partial charge in [0, 0.05) is 10.0 Å². The van der Waals surface area contributed by atoms with Crippen LogP contribution in [-0.2, 0) is 0 Å². The van der Waals surface area contributed by atoms with E-state index in [4.69, 9.17) is 4.42 Å². The van der Waals surface area contributed by atoms with Crippen molar-refractivity contribution in [3.8, 4) is 11.3 Å². The van der Waals surface area contributed by atoms with Crippen LogP contribution in [0, 0.1) is 6.92 Å². The fraction of sp³-hybridized carbons (Fsp3) is 0.0909. The fourth-order valence-corrected chi connectivity index (χ4v) is 1.70. The van der Waals surface area contributed by atoms with Gasteiger partial charge >= 0.3 is 0 Å². The second kappa shape index (κ2) is 3.38. The molecule has 2 rings (SSSR count). The first-order valence-electron chi connectivity index (χ1n) is 4.07. The molecule has 0 saturated heterocycles. The van der Waals surface area contributed by atoms with Crippen LogP contribution in [0.1, 0.15) is 5.56 Å². The highest BCUT2D eigenvalue weighted by Crippen LogP contribution is 2.29. The second-order valence-electron chi connectivity index (χ2n) is 2.96. The van der Waals surface area contributed by atoms with E-state index in [9.17, 15) is 0 Å². The maximum absolute atomic E-state index is 5.33. The van der Waals surface area contributed by atoms with Gasteiger partial charge in [0.1, 0.15) is 5.76 Å². The highest BCUT2D eigenvalue weighted by Gasteiger charge is 2.04. The summed E-state index contributed by atoms with van der Waals surface area (Å²) in [5.41, 5.74) is 2.33. The standard InChI is InChI=1S/C11H9BrO/c1-8-4-5-10(12)9(7-8)11-3-2-6-13-11/h2-7H,1H3. The number of hydrogen-bond acceptors (Lipinski definition) is 1. The summed E-state index contributed by atoms with van der Waals surface area (Å²) in [6.07, 6.45) is 1.68. The highest BCUT2D eigenvalue weighted by molar-refractivity contribution is 9.10. The molecule has 0 aliphatic heterocycles. The number of aryl methyl sites for hydroxylation is 1. The Morgan fingerprint density at radius 1 is 1.23 bits per heavy atom. The highest BCUT2D eigenvalue weighted by atomic mass is 79.9. The summed E-state index contributed by atoms with van der Waals surface area (Å²) >= 11 is 3.49. The van der Waals surface area contributed by atoms with Gasteiger partial charge in [0.25, 0.3) is 0 Å². The lowest BCUT2D eigenvalue weighted by molar-refractivity contribution is 0.582. The van der Waals surface area contributed by atoms with Crippen LogP contribution in [0.2, 0.25) is 0 Å². The van der Waals surface area contributed by atoms with Crippen molar-refractivity contribution >= 4 is 15.9 Å². The largest absolute Gasteiger partial charge is 0.464 e. The van der Waals surface area contributed by atoms with Gasteiger partial charge in [-0.15, -0.1) is 0 Å². The third-order valence-electron chi connectivity index (χ3n) is 1.91. The maximum atomic E-state index is 5.33. The molecule has 0 unspecified atom stereocenters. The van der Waals surface area contributed by atoms with Crippen LogP contribution in [-0.4, -0.2) is 0 Å². The van der Waals surface area contributed by atoms with Gasteiger partial charge in [0.2, 0.25) is 0 Å². The first-order valence-corrected chi connectivity index (χ1v) is 4.87. The third-order valence-corrected chi connectivity index (χ3v) is 2.60. The van der Waals surface area contributed by atoms with E-state index in [0.29, 0.717) is 0 Å². The lowest BCUT2D eigenvalue weighted by atomic mass is 10.1. The summed E-state index contributed by atoms with van der Waals surface area (Å²) < 4.78 is 6.39. The van der Waals surface area contributed by atoms with E-state index in [1.807, 2.05) is 18.2 Å². The van der Waals surface area contributed by atoms with Gasteiger partial charge in [0.05, 0.1) is 6.26 Å². The minimum Gasteiger partial charge on any atom is -0.464 e. The molecule has 0 saturated carbocycles. The zero-order chi connectivity index (χ0) is 9.26. The Balaban J connectivity index is 2.57. The minimum atomic E-state index is 0.899. The van der Waals surface area contributed by atoms with E-state index in [1.165, 1.54) is 5.56 Å². The van der Waals surface area contributed by atoms with Gasteiger partial charge in [-0.2, -0.15) is 0 Å². The Bertz CT molecular complexity index is 404. The molecule has 0 atom stereocenters. The second-order valence-corrected chi connectivity index (χ2v) is 3.81. The Hall–Kier alpha value is -1.02. The van der Waals surface area contributed by atoms with Crippen LogP contribution >= 0.6 is 15.9 Å². The Morgan fingerprint density at radius 3 is 2.77 bits per heavy atom. The zero-order valence-corrected chi connectivity index (χ0v) is 8.84. The quantitative estimate of drug-likeness (QED) is 0.730. The first-order chi connectivity index (χ1) is 6.27. The lowest BCUT2D eigenvalue weighted by Gasteiger charge is -2.01. The molecule has 2 aromatic rings. The topological polar surface area (TPSA) is 13.1 Å². The van der Waals surface area contributed by atoms with E-state index in [0.717, 1.165) is 15.8 Å². The number of benzene rings is 1. The van der Waals surface area contributed by atoms with E-state index >= 15 is 0 Å². The van der Waals surface area contributed by atoms with E-state index in [1.54, 1.807) is 6.26 Å². The SMILES string of the molecule is Cc1ccc(Br)c(-c2ccco2)c1. The van der Waals surface area contributed by atoms with Crippen molar-refractivity contribution in [2.75, 3.05) is 0 Å². The lowest BCUT2D eigenvalue weighted by Crippen LogP contribution is -1.78. The summed E-state index contributed by atoms with van der Waals surface area (Å²) in [7, 11) is 0. The van der Waals surface area contributed by atoms with E-state index < -0.39 is 0 Å². The first kappa shape index (κ1) is 8.57. The van der Waals surface area contributed by atoms with Crippen LogP contribution in [0.5, 0.6) is 0 Å². The predicted octanol–water partition coefficient (Wildman–Crippen LogP) is 4.02. The molecule has 0 N–H and O–H groups in total. The average molecular weight is 237 g/mol. The smallest absolute Gasteiger partial charge is 0.134 e. The summed E-state index contributed by atoms with van der Waals surface area (Å²) in [5, 5.41) is 0. The van der Waals surface area contributed by atoms with Crippen LogP contribution in [0.15, 0.2) is 45.5 Å². The molecule has 0 fully saturated rings. The Morgan fingerprint density at radius 2 is 2.08 bits per heavy atom. The van der Waals surface area contributed by atoms with Crippen LogP contribution in [0.25, 0.3) is 11.3 Å². The molecular formula is C11H9BrO. The van der Waals surface area contributed by atoms with E-state index in [-0.39, 0.29) is 0 Å². The molecule has 0 aliphatic carbocycles. The molecule has 0 bridgehead atoms. The summed E-state index contributed by atoms with van der Waals surface area (Å²) in [5.74, 6) is 0.899. The maximum Gasteiger partial charge on any atom is 0.134 e. The van der Waals surface area contributed by atoms with Gasteiger partial charge in [0.15, 0.2) is 0 Å². The van der Waals surface area contributed by atoms with Crippen molar-refractivity contribution in [2.24, 2.45) is 0 Å². The van der Waals surface area contributed by atoms with Crippen molar-refractivity contribution in [1.82, 2.24) is 0 Å². The molecule has 1 aromatic carbocycles. The van der Waals surface area contributed by atoms with Crippen molar-refractivity contribution in [3.05, 3.63) is 46.6 Å². The molecular weight excluding hydrogens is 228 g/mol. The molecule has 0 spiro atoms. The van der Waals surface area contributed by atoms with Crippen molar-refractivity contribution < 1.29 is 4.42 Å². The van der Waals surface area contributed by atoms with Crippen LogP contribution in [0.4, 0.5) is 0 Å². The third kappa shape index (κ3) is 1.68. The molecule has 2 heteroatoms. The van der Waals surface area contributed by atoms with Gasteiger partial charge in [-0.3, -0.25) is 0 Å². The van der Waals surface area contributed by atoms with Gasteiger partial charge in [-0.1, -0.05) is 27.6 Å². The molecule has 1 nitrogen and oxygen atoms in total. The molecule has 66 valence electrons. The van der Waals surface area contributed by atoms with Crippen LogP contribution < -0.4 is 0 Å². The number of hydrogen-bond donors (Lipinski definition) is 0. The number of halogens is 1. The van der Waals surface area contributed by atoms with E-state index in [2.05, 4.69) is 35.0 Å². The summed E-state index contributed by atoms with van der Waals surface area (Å²) in [4.78, 5) is 0. The minimum absolute atomic E-state index is 0.899. The summed E-state index contributed by atoms with van der Waals surface area (Å²) in [6, 6.07) is 10.1. The normalized spacial score (nSPS) is 10.3. The molecule has 1 heterocycles. The van der Waals surface area contributed by atoms with Gasteiger partial charge in [-0.25, -0.2) is 0 Å². The molecule has 13 heavy (non-hydrogen) atoms. The molecule has 0 amide bonds. The predicted molar refractivity (Wildman–Crippen MR) is 56.6 cm³/mol. The van der Waals surface area contributed by atoms with Crippen molar-refractivity contribution in [2.45, 2.75) is 6.92 Å². The monoisotopic (exact) mass is 236 g/mol. The Labute approximate surface area is 85.5 Å². The molecule has 0 radical (unpaired) electrons. The Kier molecular flexibility index (Phi) is 2.23. The molecule has 1 aromatic heterocycles. The zero-order valence-electron chi connectivity index (χ0n) is 7.25. The fourth-order valence-electron chi connectivity index (χ4n) is 1.26. The number of furan rings is 1. The average Bonchev–Trinajstić information content (AvgIpc) is 2.61. The van der Waals surface area contributed by atoms with Crippen LogP contribution in [0.3, 0.4) is 0 Å². The van der Waals surface area contributed by atoms with Crippen molar-refractivity contribution in [3.63, 3.8) is 0 Å². The van der Waals surface area contributed by atoms with Gasteiger partial charge in [-0.05, 0) is 31.2 Å².